The summed E-state index contributed by atoms with van der Waals surface area (Å²) in [5.74, 6) is -0.674. The summed E-state index contributed by atoms with van der Waals surface area (Å²) in [5.41, 5.74) is 0. The highest BCUT2D eigenvalue weighted by molar-refractivity contribution is 7.98. The molecule has 0 rings (SSSR count). The smallest absolute Gasteiger partial charge is 0.326 e. The first kappa shape index (κ1) is 16.2. The molecule has 3 N–H and O–H groups in total. The first-order valence-corrected chi connectivity index (χ1v) is 7.15. The lowest BCUT2D eigenvalue weighted by Gasteiger charge is -2.17. The van der Waals surface area contributed by atoms with Crippen molar-refractivity contribution in [3.8, 4) is 0 Å². The summed E-state index contributed by atoms with van der Waals surface area (Å²) in [4.78, 5) is 22.6. The van der Waals surface area contributed by atoms with Crippen LogP contribution in [0.15, 0.2) is 0 Å². The number of carboxylic acid groups (broad SMARTS) is 1. The second-order valence-electron chi connectivity index (χ2n) is 3.89. The van der Waals surface area contributed by atoms with Crippen molar-refractivity contribution in [3.05, 3.63) is 0 Å². The van der Waals surface area contributed by atoms with Crippen molar-refractivity contribution >= 4 is 23.6 Å². The van der Waals surface area contributed by atoms with Gasteiger partial charge < -0.3 is 15.7 Å². The predicted molar refractivity (Wildman–Crippen MR) is 70.3 cm³/mol. The number of carboxylic acids is 1. The van der Waals surface area contributed by atoms with Gasteiger partial charge in [-0.25, -0.2) is 4.79 Å². The number of rotatable bonds is 9. The van der Waals surface area contributed by atoms with Gasteiger partial charge in [-0.15, -0.1) is 0 Å². The molecule has 0 fully saturated rings. The van der Waals surface area contributed by atoms with Crippen LogP contribution in [-0.2, 0) is 9.59 Å². The summed E-state index contributed by atoms with van der Waals surface area (Å²) in [7, 11) is 0. The Kier molecular flexibility index (Phi) is 8.89. The minimum Gasteiger partial charge on any atom is -0.480 e. The number of nitrogens with one attached hydrogen (secondary N) is 2. The molecule has 6 heteroatoms. The summed E-state index contributed by atoms with van der Waals surface area (Å²) >= 11 is 1.57. The number of carbonyl (C=O) groups excluding carboxylic acids is 1. The third-order valence-electron chi connectivity index (χ3n) is 2.37. The van der Waals surface area contributed by atoms with Gasteiger partial charge in [0, 0.05) is 12.5 Å². The molecule has 0 aromatic heterocycles. The van der Waals surface area contributed by atoms with Crippen LogP contribution in [0.4, 0.5) is 0 Å². The Labute approximate surface area is 107 Å². The maximum atomic E-state index is 11.7. The molecule has 2 atom stereocenters. The molecule has 0 radical (unpaired) electrons. The molecule has 0 aliphatic heterocycles. The van der Waals surface area contributed by atoms with Gasteiger partial charge in [0.2, 0.25) is 5.91 Å². The fourth-order valence-electron chi connectivity index (χ4n) is 1.26. The van der Waals surface area contributed by atoms with Crippen LogP contribution in [0.1, 0.15) is 20.3 Å². The van der Waals surface area contributed by atoms with Crippen molar-refractivity contribution in [3.63, 3.8) is 0 Å². The van der Waals surface area contributed by atoms with Gasteiger partial charge >= 0.3 is 5.97 Å². The molecule has 0 aliphatic rings. The van der Waals surface area contributed by atoms with Gasteiger partial charge in [-0.3, -0.25) is 4.79 Å². The normalized spacial score (nSPS) is 14.1. The van der Waals surface area contributed by atoms with E-state index in [4.69, 9.17) is 5.11 Å². The predicted octanol–water partition coefficient (Wildman–Crippen LogP) is 0.555. The molecule has 0 heterocycles. The van der Waals surface area contributed by atoms with Crippen LogP contribution in [0.2, 0.25) is 0 Å². The van der Waals surface area contributed by atoms with E-state index in [-0.39, 0.29) is 11.8 Å². The van der Waals surface area contributed by atoms with Crippen molar-refractivity contribution in [2.24, 2.45) is 5.92 Å². The highest BCUT2D eigenvalue weighted by Crippen LogP contribution is 2.02. The first-order valence-electron chi connectivity index (χ1n) is 5.75. The summed E-state index contributed by atoms with van der Waals surface area (Å²) in [5, 5.41) is 14.6. The average Bonchev–Trinajstić information content (AvgIpc) is 2.30. The van der Waals surface area contributed by atoms with Gasteiger partial charge in [-0.1, -0.05) is 13.8 Å². The Morgan fingerprint density at radius 2 is 2.06 bits per heavy atom. The molecular weight excluding hydrogens is 240 g/mol. The van der Waals surface area contributed by atoms with Crippen molar-refractivity contribution < 1.29 is 14.7 Å². The molecule has 5 nitrogen and oxygen atoms in total. The van der Waals surface area contributed by atoms with Gasteiger partial charge in [0.25, 0.3) is 0 Å². The second-order valence-corrected chi connectivity index (χ2v) is 4.88. The van der Waals surface area contributed by atoms with E-state index >= 15 is 0 Å². The average molecular weight is 262 g/mol. The van der Waals surface area contributed by atoms with Gasteiger partial charge in [0.1, 0.15) is 6.04 Å². The van der Waals surface area contributed by atoms with Gasteiger partial charge in [-0.2, -0.15) is 11.8 Å². The van der Waals surface area contributed by atoms with E-state index in [0.29, 0.717) is 13.0 Å². The molecule has 0 aromatic rings. The molecule has 1 unspecified atom stereocenters. The molecule has 0 saturated heterocycles. The van der Waals surface area contributed by atoms with Crippen molar-refractivity contribution in [1.82, 2.24) is 10.6 Å². The van der Waals surface area contributed by atoms with Crippen LogP contribution in [0.25, 0.3) is 0 Å². The summed E-state index contributed by atoms with van der Waals surface area (Å²) in [6.07, 6.45) is 2.37. The van der Waals surface area contributed by atoms with Crippen LogP contribution < -0.4 is 10.6 Å². The van der Waals surface area contributed by atoms with Crippen LogP contribution in [0.5, 0.6) is 0 Å². The van der Waals surface area contributed by atoms with E-state index in [9.17, 15) is 9.59 Å². The molecular formula is C11H22N2O3S. The fraction of sp³-hybridized carbons (Fsp3) is 0.818. The zero-order valence-electron chi connectivity index (χ0n) is 10.7. The Hall–Kier alpha value is -0.750. The Morgan fingerprint density at radius 1 is 1.41 bits per heavy atom. The molecule has 17 heavy (non-hydrogen) atoms. The van der Waals surface area contributed by atoms with Crippen LogP contribution in [-0.4, -0.2) is 48.1 Å². The van der Waals surface area contributed by atoms with Crippen LogP contribution >= 0.6 is 11.8 Å². The van der Waals surface area contributed by atoms with E-state index in [0.717, 1.165) is 12.3 Å². The minimum absolute atomic E-state index is 0.209. The molecule has 1 amide bonds. The summed E-state index contributed by atoms with van der Waals surface area (Å²) in [6.45, 7) is 5.11. The van der Waals surface area contributed by atoms with E-state index in [1.54, 1.807) is 18.7 Å². The number of carbonyl (C=O) groups is 2. The first-order chi connectivity index (χ1) is 8.02. The Morgan fingerprint density at radius 3 is 2.53 bits per heavy atom. The Bertz CT molecular complexity index is 249. The summed E-state index contributed by atoms with van der Waals surface area (Å²) < 4.78 is 0. The zero-order chi connectivity index (χ0) is 13.3. The minimum atomic E-state index is -0.969. The number of thioether (sulfide) groups is 1. The van der Waals surface area contributed by atoms with E-state index in [2.05, 4.69) is 10.6 Å². The SMILES string of the molecule is CCNCC(C)C(=O)N[C@@H](CCSC)C(=O)O. The van der Waals surface area contributed by atoms with E-state index in [1.165, 1.54) is 0 Å². The monoisotopic (exact) mass is 262 g/mol. The zero-order valence-corrected chi connectivity index (χ0v) is 11.5. The standard InChI is InChI=1S/C11H22N2O3S/c1-4-12-7-8(2)10(14)13-9(11(15)16)5-6-17-3/h8-9,12H,4-7H2,1-3H3,(H,13,14)(H,15,16)/t8?,9-/m0/s1. The van der Waals surface area contributed by atoms with Gasteiger partial charge in [0.05, 0.1) is 0 Å². The molecule has 0 saturated carbocycles. The van der Waals surface area contributed by atoms with Gasteiger partial charge in [-0.05, 0) is 25.0 Å². The topological polar surface area (TPSA) is 78.4 Å². The summed E-state index contributed by atoms with van der Waals surface area (Å²) in [6, 6.07) is -0.779. The number of amides is 1. The molecule has 0 aromatic carbocycles. The Balaban J connectivity index is 4.15. The van der Waals surface area contributed by atoms with E-state index in [1.807, 2.05) is 13.2 Å². The van der Waals surface area contributed by atoms with Crippen LogP contribution in [0.3, 0.4) is 0 Å². The molecule has 0 bridgehead atoms. The molecule has 0 spiro atoms. The lowest BCUT2D eigenvalue weighted by atomic mass is 10.1. The lowest BCUT2D eigenvalue weighted by molar-refractivity contribution is -0.142. The molecule has 0 aliphatic carbocycles. The number of hydrogen-bond donors (Lipinski definition) is 3. The van der Waals surface area contributed by atoms with Crippen molar-refractivity contribution in [2.75, 3.05) is 25.1 Å². The molecule has 100 valence electrons. The number of aliphatic carboxylic acids is 1. The third kappa shape index (κ3) is 7.23. The van der Waals surface area contributed by atoms with E-state index < -0.39 is 12.0 Å². The quantitative estimate of drug-likeness (QED) is 0.566. The van der Waals surface area contributed by atoms with Crippen LogP contribution in [0, 0.1) is 5.92 Å². The fourth-order valence-corrected chi connectivity index (χ4v) is 1.73. The number of hydrogen-bond acceptors (Lipinski definition) is 4. The largest absolute Gasteiger partial charge is 0.480 e. The second kappa shape index (κ2) is 9.30. The van der Waals surface area contributed by atoms with Crippen molar-refractivity contribution in [2.45, 2.75) is 26.3 Å². The van der Waals surface area contributed by atoms with Gasteiger partial charge in [0.15, 0.2) is 0 Å². The maximum absolute atomic E-state index is 11.7. The third-order valence-corrected chi connectivity index (χ3v) is 3.02. The highest BCUT2D eigenvalue weighted by atomic mass is 32.2. The highest BCUT2D eigenvalue weighted by Gasteiger charge is 2.22. The lowest BCUT2D eigenvalue weighted by Crippen LogP contribution is -2.45. The maximum Gasteiger partial charge on any atom is 0.326 e. The van der Waals surface area contributed by atoms with Crippen molar-refractivity contribution in [1.29, 1.82) is 0 Å².